The van der Waals surface area contributed by atoms with Crippen LogP contribution in [0.15, 0.2) is 12.2 Å². The van der Waals surface area contributed by atoms with Gasteiger partial charge in [0.1, 0.15) is 6.10 Å². The number of aliphatic hydroxyl groups excluding tert-OH is 1. The maximum Gasteiger partial charge on any atom is 0.358 e. The maximum atomic E-state index is 14.1. The minimum Gasteiger partial charge on any atom is -0.469 e. The summed E-state index contributed by atoms with van der Waals surface area (Å²) in [6.45, 7) is 14.7. The number of fused-ring (bicyclic) bond motifs is 3. The molecule has 224 valence electrons. The Hall–Kier alpha value is -2.79. The van der Waals surface area contributed by atoms with E-state index in [1.165, 1.54) is 27.9 Å². The van der Waals surface area contributed by atoms with E-state index in [2.05, 4.69) is 6.58 Å². The molecule has 1 saturated heterocycles. The Labute approximate surface area is 234 Å². The molecule has 3 fully saturated rings. The highest BCUT2D eigenvalue weighted by atomic mass is 16.6. The van der Waals surface area contributed by atoms with E-state index < -0.39 is 93.5 Å². The number of aliphatic hydroxyl groups is 2. The van der Waals surface area contributed by atoms with Gasteiger partial charge in [-0.2, -0.15) is 0 Å². The maximum absolute atomic E-state index is 14.1. The van der Waals surface area contributed by atoms with Crippen LogP contribution >= 0.6 is 0 Å². The van der Waals surface area contributed by atoms with Crippen molar-refractivity contribution in [2.75, 3.05) is 14.2 Å². The molecule has 3 rings (SSSR count). The first-order chi connectivity index (χ1) is 18.2. The van der Waals surface area contributed by atoms with Crippen LogP contribution in [0.2, 0.25) is 0 Å². The number of carbonyl (C=O) groups excluding carboxylic acids is 5. The zero-order chi connectivity index (χ0) is 30.8. The van der Waals surface area contributed by atoms with Crippen molar-refractivity contribution in [3.8, 4) is 0 Å². The Morgan fingerprint density at radius 2 is 1.70 bits per heavy atom. The number of methoxy groups -OCH3 is 2. The zero-order valence-corrected chi connectivity index (χ0v) is 24.8. The monoisotopic (exact) mass is 566 g/mol. The van der Waals surface area contributed by atoms with Gasteiger partial charge in [0, 0.05) is 17.8 Å². The van der Waals surface area contributed by atoms with Crippen LogP contribution in [0.4, 0.5) is 0 Å². The Morgan fingerprint density at radius 1 is 1.12 bits per heavy atom. The molecular weight excluding hydrogens is 524 g/mol. The van der Waals surface area contributed by atoms with Gasteiger partial charge in [-0.15, -0.1) is 0 Å². The van der Waals surface area contributed by atoms with Gasteiger partial charge in [-0.1, -0.05) is 26.0 Å². The van der Waals surface area contributed by atoms with Gasteiger partial charge in [0.05, 0.1) is 43.7 Å². The summed E-state index contributed by atoms with van der Waals surface area (Å²) < 4.78 is 21.0. The van der Waals surface area contributed by atoms with E-state index in [1.54, 1.807) is 27.7 Å². The van der Waals surface area contributed by atoms with Gasteiger partial charge >= 0.3 is 23.9 Å². The third-order valence-electron chi connectivity index (χ3n) is 10.3. The predicted octanol–water partition coefficient (Wildman–Crippen LogP) is 1.90. The number of ether oxygens (including phenoxy) is 4. The number of Topliss-reactive ketones (excluding diaryl/α,β-unsaturated/α-hetero) is 1. The van der Waals surface area contributed by atoms with Crippen LogP contribution in [0.1, 0.15) is 67.7 Å². The van der Waals surface area contributed by atoms with Gasteiger partial charge in [0.25, 0.3) is 5.60 Å². The predicted molar refractivity (Wildman–Crippen MR) is 139 cm³/mol. The molecule has 1 aliphatic heterocycles. The second-order valence-electron chi connectivity index (χ2n) is 12.8. The summed E-state index contributed by atoms with van der Waals surface area (Å²) in [5.74, 6) is -6.72. The van der Waals surface area contributed by atoms with E-state index in [0.29, 0.717) is 5.57 Å². The molecule has 0 aromatic carbocycles. The molecule has 0 aromatic rings. The fourth-order valence-corrected chi connectivity index (χ4v) is 8.23. The summed E-state index contributed by atoms with van der Waals surface area (Å²) in [6.07, 6.45) is -2.71. The lowest BCUT2D eigenvalue weighted by atomic mass is 9.36. The summed E-state index contributed by atoms with van der Waals surface area (Å²) in [7, 11) is 2.28. The fraction of sp³-hybridized carbons (Fsp3) is 0.759. The molecule has 11 heteroatoms. The molecule has 2 aliphatic carbocycles. The van der Waals surface area contributed by atoms with Gasteiger partial charge in [-0.3, -0.25) is 19.2 Å². The number of esters is 4. The highest BCUT2D eigenvalue weighted by Gasteiger charge is 2.77. The molecule has 0 aromatic heterocycles. The highest BCUT2D eigenvalue weighted by molar-refractivity contribution is 6.15. The van der Waals surface area contributed by atoms with Crippen molar-refractivity contribution in [1.82, 2.24) is 0 Å². The van der Waals surface area contributed by atoms with Gasteiger partial charge < -0.3 is 29.2 Å². The third kappa shape index (κ3) is 4.27. The van der Waals surface area contributed by atoms with Crippen molar-refractivity contribution in [2.45, 2.75) is 91.1 Å². The summed E-state index contributed by atoms with van der Waals surface area (Å²) >= 11 is 0. The molecule has 9 atom stereocenters. The molecule has 2 N–H and O–H groups in total. The number of cyclic esters (lactones) is 1. The molecule has 0 radical (unpaired) electrons. The lowest BCUT2D eigenvalue weighted by Crippen LogP contribution is -2.75. The summed E-state index contributed by atoms with van der Waals surface area (Å²) in [5, 5.41) is 23.0. The third-order valence-corrected chi connectivity index (χ3v) is 10.3. The fourth-order valence-electron chi connectivity index (χ4n) is 8.23. The summed E-state index contributed by atoms with van der Waals surface area (Å²) in [5.41, 5.74) is -7.60. The van der Waals surface area contributed by atoms with Crippen molar-refractivity contribution in [3.05, 3.63) is 12.2 Å². The van der Waals surface area contributed by atoms with Crippen LogP contribution in [-0.4, -0.2) is 77.5 Å². The molecular formula is C29H42O11. The topological polar surface area (TPSA) is 163 Å². The molecule has 3 aliphatic rings. The van der Waals surface area contributed by atoms with Crippen LogP contribution in [0, 0.1) is 34.0 Å². The molecule has 1 heterocycles. The van der Waals surface area contributed by atoms with Crippen LogP contribution in [0.3, 0.4) is 0 Å². The van der Waals surface area contributed by atoms with E-state index >= 15 is 0 Å². The molecule has 11 nitrogen and oxygen atoms in total. The minimum atomic E-state index is -2.22. The standard InChI is InChI=1S/C29H42O11/c1-14-11-17-27(6,18(31)13-20(32)37-9)16(25(3,4)36)12-19(39-15(2)30)28(17,7)21-22(33)40-29(8,24(35)38-10)23(34)26(14,21)5/h16-19,21,31,36H,1,11-13H2,2-10H3/t16-,17+,18+,19+,21+,26+,27+,28-,29+/m0/s1. The van der Waals surface area contributed by atoms with Crippen molar-refractivity contribution in [2.24, 2.45) is 34.0 Å². The minimum absolute atomic E-state index is 0.000388. The van der Waals surface area contributed by atoms with Crippen molar-refractivity contribution < 1.29 is 53.1 Å². The largest absolute Gasteiger partial charge is 0.469 e. The van der Waals surface area contributed by atoms with E-state index in [4.69, 9.17) is 18.9 Å². The van der Waals surface area contributed by atoms with Gasteiger partial charge in [-0.05, 0) is 52.4 Å². The summed E-state index contributed by atoms with van der Waals surface area (Å²) in [6, 6.07) is 0. The average Bonchev–Trinajstić information content (AvgIpc) is 2.84. The molecule has 0 amide bonds. The second kappa shape index (κ2) is 9.94. The van der Waals surface area contributed by atoms with E-state index in [0.717, 1.165) is 7.11 Å². The number of hydrogen-bond donors (Lipinski definition) is 2. The first-order valence-corrected chi connectivity index (χ1v) is 13.4. The van der Waals surface area contributed by atoms with E-state index in [9.17, 15) is 34.2 Å². The smallest absolute Gasteiger partial charge is 0.358 e. The average molecular weight is 567 g/mol. The molecule has 0 bridgehead atoms. The molecule has 2 saturated carbocycles. The van der Waals surface area contributed by atoms with Crippen LogP contribution in [0.25, 0.3) is 0 Å². The molecule has 40 heavy (non-hydrogen) atoms. The van der Waals surface area contributed by atoms with Crippen LogP contribution in [0.5, 0.6) is 0 Å². The first kappa shape index (κ1) is 31.7. The Kier molecular flexibility index (Phi) is 7.88. The second-order valence-corrected chi connectivity index (χ2v) is 12.8. The van der Waals surface area contributed by atoms with E-state index in [1.807, 2.05) is 0 Å². The van der Waals surface area contributed by atoms with Crippen molar-refractivity contribution in [3.63, 3.8) is 0 Å². The summed E-state index contributed by atoms with van der Waals surface area (Å²) in [4.78, 5) is 65.5. The SMILES string of the molecule is C=C1C[C@H]2[C@](C)([C@@H]3C(=O)O[C@@](C)(C(=O)OC)C(=O)[C@]13C)[C@H](OC(C)=O)C[C@@H](C(C)(C)O)[C@@]2(C)[C@H](O)CC(=O)OC. The zero-order valence-electron chi connectivity index (χ0n) is 24.8. The van der Waals surface area contributed by atoms with Crippen molar-refractivity contribution in [1.29, 1.82) is 0 Å². The van der Waals surface area contributed by atoms with Crippen molar-refractivity contribution >= 4 is 29.7 Å². The van der Waals surface area contributed by atoms with Gasteiger partial charge in [-0.25, -0.2) is 4.79 Å². The number of hydrogen-bond acceptors (Lipinski definition) is 11. The number of allylic oxidation sites excluding steroid dienone is 1. The quantitative estimate of drug-likeness (QED) is 0.209. The van der Waals surface area contributed by atoms with Crippen LogP contribution < -0.4 is 0 Å². The highest BCUT2D eigenvalue weighted by Crippen LogP contribution is 2.71. The van der Waals surface area contributed by atoms with Crippen LogP contribution in [-0.2, 0) is 42.9 Å². The van der Waals surface area contributed by atoms with Gasteiger partial charge in [0.2, 0.25) is 0 Å². The number of ketones is 1. The lowest BCUT2D eigenvalue weighted by Gasteiger charge is -2.68. The molecule has 0 unspecified atom stereocenters. The Balaban J connectivity index is 2.34. The van der Waals surface area contributed by atoms with Gasteiger partial charge in [0.15, 0.2) is 5.78 Å². The Bertz CT molecular complexity index is 1140. The first-order valence-electron chi connectivity index (χ1n) is 13.4. The number of carbonyl (C=O) groups is 5. The lowest BCUT2D eigenvalue weighted by molar-refractivity contribution is -0.264. The van der Waals surface area contributed by atoms with E-state index in [-0.39, 0.29) is 12.8 Å². The number of rotatable bonds is 6. The Morgan fingerprint density at radius 3 is 2.17 bits per heavy atom. The normalized spacial score (nSPS) is 40.2. The molecule has 0 spiro atoms.